The van der Waals surface area contributed by atoms with Crippen molar-refractivity contribution in [3.63, 3.8) is 0 Å². The number of pyridine rings is 2. The van der Waals surface area contributed by atoms with E-state index in [1.807, 2.05) is 18.5 Å². The first-order chi connectivity index (χ1) is 16.9. The number of anilines is 1. The van der Waals surface area contributed by atoms with Gasteiger partial charge in [0.1, 0.15) is 11.5 Å². The van der Waals surface area contributed by atoms with Crippen molar-refractivity contribution in [1.29, 1.82) is 0 Å². The number of nitrogens with zero attached hydrogens (tertiary/aromatic N) is 5. The van der Waals surface area contributed by atoms with Crippen molar-refractivity contribution in [1.82, 2.24) is 30.2 Å². The summed E-state index contributed by atoms with van der Waals surface area (Å²) in [6.45, 7) is 8.73. The molecule has 2 aliphatic rings. The number of aromatic amines is 1. The van der Waals surface area contributed by atoms with Crippen LogP contribution in [0.15, 0.2) is 30.7 Å². The summed E-state index contributed by atoms with van der Waals surface area (Å²) in [5.74, 6) is 2.35. The minimum absolute atomic E-state index is 0.00417. The normalized spacial score (nSPS) is 17.7. The molecular weight excluding hydrogens is 434 g/mol. The summed E-state index contributed by atoms with van der Waals surface area (Å²) in [7, 11) is 2.21. The molecular formula is C28H35N7. The summed E-state index contributed by atoms with van der Waals surface area (Å²) in [5.41, 5.74) is 5.31. The molecule has 6 rings (SSSR count). The molecule has 0 atom stereocenters. The lowest BCUT2D eigenvalue weighted by Gasteiger charge is -2.34. The van der Waals surface area contributed by atoms with E-state index in [1.54, 1.807) is 0 Å². The largest absolute Gasteiger partial charge is 0.356 e. The predicted molar refractivity (Wildman–Crippen MR) is 142 cm³/mol. The summed E-state index contributed by atoms with van der Waals surface area (Å²) in [4.78, 5) is 25.6. The number of fused-ring (bicyclic) bond motifs is 2. The third-order valence-corrected chi connectivity index (χ3v) is 7.93. The fourth-order valence-electron chi connectivity index (χ4n) is 5.49. The Labute approximate surface area is 206 Å². The molecule has 7 heteroatoms. The Morgan fingerprint density at radius 2 is 1.83 bits per heavy atom. The van der Waals surface area contributed by atoms with Crippen molar-refractivity contribution < 1.29 is 0 Å². The Balaban J connectivity index is 1.56. The third-order valence-electron chi connectivity index (χ3n) is 7.93. The summed E-state index contributed by atoms with van der Waals surface area (Å²) in [6, 6.07) is 4.72. The van der Waals surface area contributed by atoms with Gasteiger partial charge < -0.3 is 15.2 Å². The number of hydrogen-bond acceptors (Lipinski definition) is 6. The lowest BCUT2D eigenvalue weighted by atomic mass is 9.79. The topological polar surface area (TPSA) is 82.6 Å². The van der Waals surface area contributed by atoms with Gasteiger partial charge >= 0.3 is 0 Å². The molecule has 35 heavy (non-hydrogen) atoms. The standard InChI is InChI=1S/C28H35N7/c1-28(2,3)23-14-20-19(10-13-31-25(20)33-23)26-32-22-16-30-15-21(17-6-5-7-17)24(22)27(34-26)35(4)18-8-11-29-12-9-18/h10,13-18,29H,5-9,11-12H2,1-4H3,(H,31,33). The molecule has 0 aromatic carbocycles. The van der Waals surface area contributed by atoms with Crippen molar-refractivity contribution in [2.45, 2.75) is 70.3 Å². The van der Waals surface area contributed by atoms with Gasteiger partial charge in [0.25, 0.3) is 0 Å². The van der Waals surface area contributed by atoms with Gasteiger partial charge in [-0.1, -0.05) is 27.2 Å². The van der Waals surface area contributed by atoms with Gasteiger partial charge in [0.2, 0.25) is 0 Å². The molecule has 4 aromatic rings. The monoisotopic (exact) mass is 469 g/mol. The van der Waals surface area contributed by atoms with Crippen LogP contribution in [0.1, 0.15) is 70.1 Å². The fraction of sp³-hybridized carbons (Fsp3) is 0.500. The molecule has 0 bridgehead atoms. The minimum atomic E-state index is 0.00417. The maximum Gasteiger partial charge on any atom is 0.163 e. The smallest absolute Gasteiger partial charge is 0.163 e. The van der Waals surface area contributed by atoms with Crippen LogP contribution in [0.2, 0.25) is 0 Å². The molecule has 2 N–H and O–H groups in total. The van der Waals surface area contributed by atoms with E-state index in [-0.39, 0.29) is 5.41 Å². The van der Waals surface area contributed by atoms with Crippen LogP contribution in [0.25, 0.3) is 33.3 Å². The highest BCUT2D eigenvalue weighted by molar-refractivity contribution is 5.97. The number of rotatable bonds is 4. The Kier molecular flexibility index (Phi) is 5.48. The first-order valence-corrected chi connectivity index (χ1v) is 13.0. The van der Waals surface area contributed by atoms with Crippen LogP contribution in [0.5, 0.6) is 0 Å². The molecule has 182 valence electrons. The summed E-state index contributed by atoms with van der Waals surface area (Å²) in [5, 5.41) is 5.75. The molecule has 1 saturated heterocycles. The lowest BCUT2D eigenvalue weighted by Crippen LogP contribution is -2.41. The van der Waals surface area contributed by atoms with Crippen LogP contribution in [0.3, 0.4) is 0 Å². The molecule has 0 unspecified atom stereocenters. The van der Waals surface area contributed by atoms with Crippen LogP contribution in [0.4, 0.5) is 5.82 Å². The lowest BCUT2D eigenvalue weighted by molar-refractivity contribution is 0.421. The first kappa shape index (κ1) is 22.4. The zero-order chi connectivity index (χ0) is 24.2. The quantitative estimate of drug-likeness (QED) is 0.421. The van der Waals surface area contributed by atoms with Gasteiger partial charge in [0, 0.05) is 52.9 Å². The minimum Gasteiger partial charge on any atom is -0.356 e. The van der Waals surface area contributed by atoms with E-state index in [1.165, 1.54) is 30.2 Å². The molecule has 1 aliphatic carbocycles. The van der Waals surface area contributed by atoms with Crippen molar-refractivity contribution in [3.05, 3.63) is 42.0 Å². The van der Waals surface area contributed by atoms with Crippen molar-refractivity contribution in [2.75, 3.05) is 25.0 Å². The Morgan fingerprint density at radius 3 is 2.54 bits per heavy atom. The van der Waals surface area contributed by atoms with Crippen LogP contribution >= 0.6 is 0 Å². The first-order valence-electron chi connectivity index (χ1n) is 13.0. The van der Waals surface area contributed by atoms with E-state index < -0.39 is 0 Å². The second-order valence-corrected chi connectivity index (χ2v) is 11.3. The number of hydrogen-bond donors (Lipinski definition) is 2. The maximum absolute atomic E-state index is 5.29. The molecule has 2 fully saturated rings. The van der Waals surface area contributed by atoms with E-state index >= 15 is 0 Å². The second kappa shape index (κ2) is 8.55. The zero-order valence-corrected chi connectivity index (χ0v) is 21.2. The Bertz CT molecular complexity index is 1370. The number of aromatic nitrogens is 5. The van der Waals surface area contributed by atoms with E-state index in [4.69, 9.17) is 9.97 Å². The van der Waals surface area contributed by atoms with Gasteiger partial charge in [-0.2, -0.15) is 0 Å². The van der Waals surface area contributed by atoms with Crippen molar-refractivity contribution in [3.8, 4) is 11.4 Å². The highest BCUT2D eigenvalue weighted by atomic mass is 15.2. The van der Waals surface area contributed by atoms with Gasteiger partial charge in [-0.05, 0) is 62.4 Å². The molecule has 7 nitrogen and oxygen atoms in total. The van der Waals surface area contributed by atoms with Gasteiger partial charge in [0.15, 0.2) is 5.82 Å². The zero-order valence-electron chi connectivity index (χ0n) is 21.2. The van der Waals surface area contributed by atoms with Crippen molar-refractivity contribution in [2.24, 2.45) is 0 Å². The average molecular weight is 470 g/mol. The number of nitrogens with one attached hydrogen (secondary N) is 2. The van der Waals surface area contributed by atoms with E-state index in [0.717, 1.165) is 65.4 Å². The molecule has 0 spiro atoms. The summed E-state index contributed by atoms with van der Waals surface area (Å²) >= 11 is 0. The second-order valence-electron chi connectivity index (χ2n) is 11.3. The third kappa shape index (κ3) is 3.96. The van der Waals surface area contributed by atoms with Crippen LogP contribution in [0, 0.1) is 0 Å². The number of H-pyrrole nitrogens is 1. The summed E-state index contributed by atoms with van der Waals surface area (Å²) in [6.07, 6.45) is 11.8. The molecule has 5 heterocycles. The molecule has 1 saturated carbocycles. The average Bonchev–Trinajstić information content (AvgIpc) is 3.28. The molecule has 0 radical (unpaired) electrons. The molecule has 4 aromatic heterocycles. The van der Waals surface area contributed by atoms with Crippen molar-refractivity contribution >= 4 is 27.8 Å². The van der Waals surface area contributed by atoms with E-state index in [0.29, 0.717) is 12.0 Å². The van der Waals surface area contributed by atoms with Crippen LogP contribution in [-0.4, -0.2) is 51.1 Å². The summed E-state index contributed by atoms with van der Waals surface area (Å²) < 4.78 is 0. The Morgan fingerprint density at radius 1 is 1.03 bits per heavy atom. The Hall–Kier alpha value is -3.06. The SMILES string of the molecule is CN(c1nc(-c2ccnc3[nH]c(C(C)(C)C)cc23)nc2cncc(C3CCC3)c12)C1CCNCC1. The fourth-order valence-corrected chi connectivity index (χ4v) is 5.49. The van der Waals surface area contributed by atoms with Crippen LogP contribution in [-0.2, 0) is 5.41 Å². The highest BCUT2D eigenvalue weighted by Gasteiger charge is 2.28. The van der Waals surface area contributed by atoms with Gasteiger partial charge in [-0.25, -0.2) is 15.0 Å². The van der Waals surface area contributed by atoms with Crippen LogP contribution < -0.4 is 10.2 Å². The molecule has 1 aliphatic heterocycles. The maximum atomic E-state index is 5.29. The van der Waals surface area contributed by atoms with Gasteiger partial charge in [0.05, 0.1) is 11.7 Å². The highest BCUT2D eigenvalue weighted by Crippen LogP contribution is 2.42. The van der Waals surface area contributed by atoms with E-state index in [2.05, 4.69) is 65.3 Å². The number of piperidine rings is 1. The van der Waals surface area contributed by atoms with Gasteiger partial charge in [-0.15, -0.1) is 0 Å². The molecule has 0 amide bonds. The van der Waals surface area contributed by atoms with Gasteiger partial charge in [-0.3, -0.25) is 4.98 Å². The predicted octanol–water partition coefficient (Wildman–Crippen LogP) is 5.32. The van der Waals surface area contributed by atoms with E-state index in [9.17, 15) is 0 Å².